The van der Waals surface area contributed by atoms with E-state index in [9.17, 15) is 14.9 Å². The van der Waals surface area contributed by atoms with E-state index in [1.165, 1.54) is 25.1 Å². The molecule has 2 aromatic rings. The van der Waals surface area contributed by atoms with Crippen LogP contribution < -0.4 is 5.43 Å². The summed E-state index contributed by atoms with van der Waals surface area (Å²) in [6.45, 7) is 2.19. The average molecular weight is 446 g/mol. The third-order valence-electron chi connectivity index (χ3n) is 6.03. The van der Waals surface area contributed by atoms with Crippen LogP contribution in [0.5, 0.6) is 0 Å². The number of nitro groups is 1. The van der Waals surface area contributed by atoms with Gasteiger partial charge in [0.15, 0.2) is 0 Å². The topological polar surface area (TPSA) is 97.7 Å². The lowest BCUT2D eigenvalue weighted by atomic mass is 9.90. The number of amides is 1. The maximum atomic E-state index is 12.4. The predicted octanol–water partition coefficient (Wildman–Crippen LogP) is 4.89. The van der Waals surface area contributed by atoms with Crippen molar-refractivity contribution in [2.75, 3.05) is 0 Å². The van der Waals surface area contributed by atoms with Crippen molar-refractivity contribution in [2.45, 2.75) is 32.6 Å². The number of rotatable bonds is 5. The number of hydrazone groups is 1. The van der Waals surface area contributed by atoms with Crippen LogP contribution in [0.1, 0.15) is 38.4 Å². The van der Waals surface area contributed by atoms with E-state index in [1.54, 1.807) is 24.3 Å². The Hall–Kier alpha value is -2.48. The first-order valence-corrected chi connectivity index (χ1v) is 10.1. The number of furan rings is 1. The minimum absolute atomic E-state index is 0.0408. The number of benzene rings is 1. The molecular weight excluding hydrogens is 426 g/mol. The fraction of sp³-hybridized carbons (Fsp3) is 0.400. The quantitative estimate of drug-likeness (QED) is 0.402. The molecule has 0 spiro atoms. The van der Waals surface area contributed by atoms with Crippen molar-refractivity contribution < 1.29 is 14.1 Å². The summed E-state index contributed by atoms with van der Waals surface area (Å²) in [5, 5.41) is 15.3. The van der Waals surface area contributed by atoms with Crippen molar-refractivity contribution in [3.05, 3.63) is 50.7 Å². The Morgan fingerprint density at radius 2 is 2.21 bits per heavy atom. The van der Waals surface area contributed by atoms with Crippen LogP contribution in [0.15, 0.2) is 44.3 Å². The van der Waals surface area contributed by atoms with Crippen LogP contribution in [0.25, 0.3) is 11.3 Å². The largest absolute Gasteiger partial charge is 0.455 e. The molecule has 2 fully saturated rings. The second-order valence-electron chi connectivity index (χ2n) is 7.69. The van der Waals surface area contributed by atoms with Crippen molar-refractivity contribution in [3.8, 4) is 11.3 Å². The van der Waals surface area contributed by atoms with Crippen molar-refractivity contribution in [1.82, 2.24) is 5.43 Å². The van der Waals surface area contributed by atoms with Gasteiger partial charge in [-0.05, 0) is 48.4 Å². The number of fused-ring (bicyclic) bond motifs is 1. The molecule has 1 aromatic heterocycles. The first-order valence-electron chi connectivity index (χ1n) is 9.27. The van der Waals surface area contributed by atoms with Gasteiger partial charge in [-0.15, -0.1) is 0 Å². The van der Waals surface area contributed by atoms with Gasteiger partial charge in [0.25, 0.3) is 5.69 Å². The maximum absolute atomic E-state index is 12.4. The fourth-order valence-electron chi connectivity index (χ4n) is 4.51. The maximum Gasteiger partial charge on any atom is 0.281 e. The molecule has 2 aliphatic carbocycles. The van der Waals surface area contributed by atoms with Crippen LogP contribution in [0, 0.1) is 27.4 Å². The van der Waals surface area contributed by atoms with Crippen molar-refractivity contribution in [3.63, 3.8) is 0 Å². The highest BCUT2D eigenvalue weighted by atomic mass is 79.9. The van der Waals surface area contributed by atoms with Gasteiger partial charge in [-0.3, -0.25) is 14.9 Å². The molecule has 0 unspecified atom stereocenters. The first kappa shape index (κ1) is 18.9. The molecule has 1 heterocycles. The smallest absolute Gasteiger partial charge is 0.281 e. The summed E-state index contributed by atoms with van der Waals surface area (Å²) in [5.74, 6) is 1.26. The van der Waals surface area contributed by atoms with Crippen LogP contribution in [0.4, 0.5) is 5.69 Å². The molecule has 0 saturated heterocycles. The lowest BCUT2D eigenvalue weighted by Crippen LogP contribution is -2.22. The van der Waals surface area contributed by atoms with Gasteiger partial charge in [0.1, 0.15) is 11.5 Å². The van der Waals surface area contributed by atoms with Gasteiger partial charge < -0.3 is 4.42 Å². The molecule has 2 saturated carbocycles. The minimum Gasteiger partial charge on any atom is -0.455 e. The summed E-state index contributed by atoms with van der Waals surface area (Å²) in [6, 6.07) is 8.08. The number of carbonyl (C=O) groups excluding carboxylic acids is 1. The number of halogens is 1. The van der Waals surface area contributed by atoms with E-state index in [0.29, 0.717) is 27.5 Å². The Labute approximate surface area is 170 Å². The summed E-state index contributed by atoms with van der Waals surface area (Å²) in [5.41, 5.74) is 3.08. The number of hydrogen-bond acceptors (Lipinski definition) is 5. The summed E-state index contributed by atoms with van der Waals surface area (Å²) in [6.07, 6.45) is 6.03. The van der Waals surface area contributed by atoms with Gasteiger partial charge in [0, 0.05) is 16.5 Å². The highest BCUT2D eigenvalue weighted by molar-refractivity contribution is 9.10. The van der Waals surface area contributed by atoms with E-state index in [0.717, 1.165) is 12.8 Å². The molecule has 0 aliphatic heterocycles. The lowest BCUT2D eigenvalue weighted by Gasteiger charge is -2.15. The van der Waals surface area contributed by atoms with E-state index in [-0.39, 0.29) is 22.9 Å². The van der Waals surface area contributed by atoms with Gasteiger partial charge in [-0.25, -0.2) is 5.43 Å². The molecule has 28 heavy (non-hydrogen) atoms. The SMILES string of the molecule is C[C@@]12CCCC[C@H]1[C@@H]2C(=O)N/N=C\c1ccc(-c2ccc(Br)cc2[N+](=O)[O-])o1. The second-order valence-corrected chi connectivity index (χ2v) is 8.61. The predicted molar refractivity (Wildman–Crippen MR) is 108 cm³/mol. The zero-order valence-electron chi connectivity index (χ0n) is 15.4. The molecule has 1 aromatic carbocycles. The minimum atomic E-state index is -0.452. The highest BCUT2D eigenvalue weighted by Crippen LogP contribution is 2.66. The van der Waals surface area contributed by atoms with Crippen LogP contribution in [-0.2, 0) is 4.79 Å². The monoisotopic (exact) mass is 445 g/mol. The number of carbonyl (C=O) groups is 1. The Bertz CT molecular complexity index is 970. The Balaban J connectivity index is 1.43. The van der Waals surface area contributed by atoms with Crippen molar-refractivity contribution in [1.29, 1.82) is 0 Å². The van der Waals surface area contributed by atoms with E-state index < -0.39 is 4.92 Å². The number of nitrogens with one attached hydrogen (secondary N) is 1. The van der Waals surface area contributed by atoms with Crippen LogP contribution in [0.3, 0.4) is 0 Å². The third-order valence-corrected chi connectivity index (χ3v) is 6.52. The normalized spacial score (nSPS) is 26.1. The van der Waals surface area contributed by atoms with Crippen LogP contribution in [0.2, 0.25) is 0 Å². The molecule has 7 nitrogen and oxygen atoms in total. The molecule has 3 atom stereocenters. The molecule has 8 heteroatoms. The number of nitrogens with zero attached hydrogens (tertiary/aromatic N) is 2. The molecule has 4 rings (SSSR count). The number of nitro benzene ring substituents is 1. The van der Waals surface area contributed by atoms with E-state index in [1.807, 2.05) is 0 Å². The Morgan fingerprint density at radius 3 is 2.93 bits per heavy atom. The molecule has 1 amide bonds. The van der Waals surface area contributed by atoms with Crippen LogP contribution in [-0.4, -0.2) is 17.0 Å². The van der Waals surface area contributed by atoms with E-state index >= 15 is 0 Å². The Kier molecular flexibility index (Phi) is 4.82. The summed E-state index contributed by atoms with van der Waals surface area (Å²) in [4.78, 5) is 23.2. The van der Waals surface area contributed by atoms with Crippen LogP contribution >= 0.6 is 15.9 Å². The number of hydrogen-bond donors (Lipinski definition) is 1. The standard InChI is InChI=1S/C20H20BrN3O4/c1-20-9-3-2-4-15(20)18(20)19(25)23-22-11-13-6-8-17(28-13)14-7-5-12(21)10-16(14)24(26)27/h5-8,10-11,15,18H,2-4,9H2,1H3,(H,23,25)/b22-11-/t15-,18+,20+/m0/s1. The fourth-order valence-corrected chi connectivity index (χ4v) is 4.86. The first-order chi connectivity index (χ1) is 13.4. The van der Waals surface area contributed by atoms with Gasteiger partial charge >= 0.3 is 0 Å². The third kappa shape index (κ3) is 3.37. The molecule has 0 bridgehead atoms. The molecule has 2 aliphatic rings. The lowest BCUT2D eigenvalue weighted by molar-refractivity contribution is -0.384. The summed E-state index contributed by atoms with van der Waals surface area (Å²) >= 11 is 3.24. The summed E-state index contributed by atoms with van der Waals surface area (Å²) in [7, 11) is 0. The molecular formula is C20H20BrN3O4. The summed E-state index contributed by atoms with van der Waals surface area (Å²) < 4.78 is 6.27. The van der Waals surface area contributed by atoms with Gasteiger partial charge in [0.2, 0.25) is 5.91 Å². The zero-order valence-corrected chi connectivity index (χ0v) is 16.9. The Morgan fingerprint density at radius 1 is 1.39 bits per heavy atom. The highest BCUT2D eigenvalue weighted by Gasteiger charge is 2.64. The molecule has 1 N–H and O–H groups in total. The molecule has 0 radical (unpaired) electrons. The van der Waals surface area contributed by atoms with E-state index in [4.69, 9.17) is 4.42 Å². The van der Waals surface area contributed by atoms with Crippen molar-refractivity contribution >= 4 is 33.7 Å². The van der Waals surface area contributed by atoms with Gasteiger partial charge in [-0.1, -0.05) is 35.7 Å². The average Bonchev–Trinajstić information content (AvgIpc) is 3.02. The van der Waals surface area contributed by atoms with E-state index in [2.05, 4.69) is 33.4 Å². The van der Waals surface area contributed by atoms with Gasteiger partial charge in [0.05, 0.1) is 16.7 Å². The van der Waals surface area contributed by atoms with Crippen molar-refractivity contribution in [2.24, 2.45) is 22.4 Å². The molecule has 146 valence electrons. The second kappa shape index (κ2) is 7.16. The van der Waals surface area contributed by atoms with Gasteiger partial charge in [-0.2, -0.15) is 5.10 Å². The zero-order chi connectivity index (χ0) is 19.9.